The number of aromatic nitrogens is 2. The van der Waals surface area contributed by atoms with Crippen LogP contribution in [0.2, 0.25) is 0 Å². The number of hydrogen-bond acceptors (Lipinski definition) is 4. The van der Waals surface area contributed by atoms with Gasteiger partial charge in [-0.05, 0) is 62.9 Å². The number of aryl methyl sites for hydroxylation is 2. The lowest BCUT2D eigenvalue weighted by molar-refractivity contribution is 0.0939. The molecule has 1 fully saturated rings. The summed E-state index contributed by atoms with van der Waals surface area (Å²) in [4.78, 5) is 15.2. The summed E-state index contributed by atoms with van der Waals surface area (Å²) in [5, 5.41) is 7.41. The number of rotatable bonds is 8. The molecule has 1 aliphatic rings. The Kier molecular flexibility index (Phi) is 7.45. The third kappa shape index (κ3) is 6.23. The molecule has 2 heterocycles. The second-order valence-corrected chi connectivity index (χ2v) is 8.96. The Bertz CT molecular complexity index is 1040. The van der Waals surface area contributed by atoms with Gasteiger partial charge in [-0.15, -0.1) is 0 Å². The fourth-order valence-electron chi connectivity index (χ4n) is 4.46. The molecule has 1 N–H and O–H groups in total. The molecule has 2 aromatic carbocycles. The van der Waals surface area contributed by atoms with E-state index in [2.05, 4.69) is 45.6 Å². The van der Waals surface area contributed by atoms with Crippen LogP contribution < -0.4 is 10.1 Å². The summed E-state index contributed by atoms with van der Waals surface area (Å²) in [7, 11) is 1.89. The maximum atomic E-state index is 12.7. The number of ether oxygens (including phenoxy) is 1. The summed E-state index contributed by atoms with van der Waals surface area (Å²) in [6.45, 7) is 7.15. The Labute approximate surface area is 196 Å². The highest BCUT2D eigenvalue weighted by Crippen LogP contribution is 2.21. The maximum Gasteiger partial charge on any atom is 0.251 e. The van der Waals surface area contributed by atoms with Gasteiger partial charge < -0.3 is 15.0 Å². The van der Waals surface area contributed by atoms with Crippen LogP contribution in [0.3, 0.4) is 0 Å². The number of amides is 1. The second-order valence-electron chi connectivity index (χ2n) is 8.96. The highest BCUT2D eigenvalue weighted by atomic mass is 16.5. The zero-order chi connectivity index (χ0) is 23.2. The standard InChI is InChI=1S/C27H34N4O2/c1-20(26-19-30(3)29-21(26)2)28-27(32)23-9-11-24(12-10-23)33-25-14-17-31(18-15-25)16-13-22-7-5-4-6-8-22/h4-12,19-20,25H,13-18H2,1-3H3,(H,28,32)/t20-/m1/s1. The molecule has 33 heavy (non-hydrogen) atoms. The number of nitrogens with zero attached hydrogens (tertiary/aromatic N) is 3. The Morgan fingerprint density at radius 3 is 2.45 bits per heavy atom. The number of carbonyl (C=O) groups is 1. The zero-order valence-electron chi connectivity index (χ0n) is 19.8. The number of nitrogens with one attached hydrogen (secondary N) is 1. The number of benzene rings is 2. The molecule has 0 bridgehead atoms. The molecule has 0 radical (unpaired) electrons. The number of hydrogen-bond donors (Lipinski definition) is 1. The van der Waals surface area contributed by atoms with Gasteiger partial charge in [-0.25, -0.2) is 0 Å². The zero-order valence-corrected chi connectivity index (χ0v) is 19.8. The predicted molar refractivity (Wildman–Crippen MR) is 131 cm³/mol. The Morgan fingerprint density at radius 2 is 1.82 bits per heavy atom. The highest BCUT2D eigenvalue weighted by molar-refractivity contribution is 5.94. The minimum atomic E-state index is -0.103. The van der Waals surface area contributed by atoms with Crippen LogP contribution in [0.5, 0.6) is 5.75 Å². The summed E-state index contributed by atoms with van der Waals surface area (Å²) in [5.74, 6) is 0.731. The van der Waals surface area contributed by atoms with Crippen LogP contribution in [-0.2, 0) is 13.5 Å². The van der Waals surface area contributed by atoms with Crippen LogP contribution in [0.1, 0.15) is 53.0 Å². The van der Waals surface area contributed by atoms with Gasteiger partial charge >= 0.3 is 0 Å². The SMILES string of the molecule is Cc1nn(C)cc1[C@@H](C)NC(=O)c1ccc(OC2CCN(CCc3ccccc3)CC2)cc1. The molecule has 0 unspecified atom stereocenters. The monoisotopic (exact) mass is 446 g/mol. The first-order valence-corrected chi connectivity index (χ1v) is 11.8. The molecule has 6 nitrogen and oxygen atoms in total. The lowest BCUT2D eigenvalue weighted by Crippen LogP contribution is -2.39. The third-order valence-corrected chi connectivity index (χ3v) is 6.38. The van der Waals surface area contributed by atoms with Crippen LogP contribution >= 0.6 is 0 Å². The fourth-order valence-corrected chi connectivity index (χ4v) is 4.46. The summed E-state index contributed by atoms with van der Waals surface area (Å²) < 4.78 is 7.97. The smallest absolute Gasteiger partial charge is 0.251 e. The van der Waals surface area contributed by atoms with E-state index in [9.17, 15) is 4.79 Å². The van der Waals surface area contributed by atoms with E-state index in [1.807, 2.05) is 51.4 Å². The minimum absolute atomic E-state index is 0.0935. The molecule has 0 spiro atoms. The molecule has 0 saturated carbocycles. The normalized spacial score (nSPS) is 15.8. The summed E-state index contributed by atoms with van der Waals surface area (Å²) >= 11 is 0. The Morgan fingerprint density at radius 1 is 1.12 bits per heavy atom. The third-order valence-electron chi connectivity index (χ3n) is 6.38. The van der Waals surface area contributed by atoms with Crippen molar-refractivity contribution in [2.24, 2.45) is 7.05 Å². The van der Waals surface area contributed by atoms with Crippen molar-refractivity contribution in [3.05, 3.63) is 83.2 Å². The first-order chi connectivity index (χ1) is 16.0. The molecule has 1 amide bonds. The van der Waals surface area contributed by atoms with Crippen molar-refractivity contribution in [1.29, 1.82) is 0 Å². The quantitative estimate of drug-likeness (QED) is 0.560. The van der Waals surface area contributed by atoms with E-state index < -0.39 is 0 Å². The molecule has 6 heteroatoms. The lowest BCUT2D eigenvalue weighted by atomic mass is 10.1. The van der Waals surface area contributed by atoms with E-state index in [0.717, 1.165) is 55.9 Å². The van der Waals surface area contributed by atoms with E-state index in [4.69, 9.17) is 4.74 Å². The van der Waals surface area contributed by atoms with Crippen LogP contribution in [0, 0.1) is 6.92 Å². The number of carbonyl (C=O) groups excluding carboxylic acids is 1. The van der Waals surface area contributed by atoms with Gasteiger partial charge in [-0.2, -0.15) is 5.10 Å². The van der Waals surface area contributed by atoms with Crippen molar-refractivity contribution < 1.29 is 9.53 Å². The lowest BCUT2D eigenvalue weighted by Gasteiger charge is -2.32. The Hall–Kier alpha value is -3.12. The van der Waals surface area contributed by atoms with Gasteiger partial charge in [-0.1, -0.05) is 30.3 Å². The van der Waals surface area contributed by atoms with E-state index in [1.165, 1.54) is 5.56 Å². The number of likely N-dealkylation sites (tertiary alicyclic amines) is 1. The van der Waals surface area contributed by atoms with Crippen LogP contribution in [-0.4, -0.2) is 46.3 Å². The summed E-state index contributed by atoms with van der Waals surface area (Å²) in [5.41, 5.74) is 3.98. The molecule has 1 saturated heterocycles. The van der Waals surface area contributed by atoms with Crippen LogP contribution in [0.4, 0.5) is 0 Å². The van der Waals surface area contributed by atoms with Gasteiger partial charge in [0.25, 0.3) is 5.91 Å². The van der Waals surface area contributed by atoms with Gasteiger partial charge in [0.2, 0.25) is 0 Å². The molecule has 1 atom stereocenters. The molecule has 3 aromatic rings. The topological polar surface area (TPSA) is 59.4 Å². The summed E-state index contributed by atoms with van der Waals surface area (Å²) in [6.07, 6.45) is 5.32. The van der Waals surface area contributed by atoms with E-state index in [0.29, 0.717) is 5.56 Å². The van der Waals surface area contributed by atoms with Crippen molar-refractivity contribution in [3.63, 3.8) is 0 Å². The van der Waals surface area contributed by atoms with Crippen molar-refractivity contribution in [3.8, 4) is 5.75 Å². The minimum Gasteiger partial charge on any atom is -0.490 e. The molecular weight excluding hydrogens is 412 g/mol. The van der Waals surface area contributed by atoms with Crippen molar-refractivity contribution in [2.45, 2.75) is 45.3 Å². The van der Waals surface area contributed by atoms with Gasteiger partial charge in [0.15, 0.2) is 0 Å². The largest absolute Gasteiger partial charge is 0.490 e. The van der Waals surface area contributed by atoms with E-state index >= 15 is 0 Å². The fraction of sp³-hybridized carbons (Fsp3) is 0.407. The molecule has 4 rings (SSSR count). The van der Waals surface area contributed by atoms with Gasteiger partial charge in [0, 0.05) is 44.0 Å². The molecule has 174 valence electrons. The first kappa shape index (κ1) is 23.1. The maximum absolute atomic E-state index is 12.7. The van der Waals surface area contributed by atoms with E-state index in [1.54, 1.807) is 4.68 Å². The van der Waals surface area contributed by atoms with Gasteiger partial charge in [-0.3, -0.25) is 9.48 Å². The van der Waals surface area contributed by atoms with Crippen molar-refractivity contribution in [1.82, 2.24) is 20.0 Å². The summed E-state index contributed by atoms with van der Waals surface area (Å²) in [6, 6.07) is 18.0. The first-order valence-electron chi connectivity index (χ1n) is 11.8. The highest BCUT2D eigenvalue weighted by Gasteiger charge is 2.21. The van der Waals surface area contributed by atoms with Gasteiger partial charge in [0.05, 0.1) is 11.7 Å². The molecule has 1 aromatic heterocycles. The van der Waals surface area contributed by atoms with Crippen LogP contribution in [0.15, 0.2) is 60.8 Å². The molecule has 1 aliphatic heterocycles. The number of piperidine rings is 1. The Balaban J connectivity index is 1.22. The van der Waals surface area contributed by atoms with E-state index in [-0.39, 0.29) is 18.1 Å². The molecule has 0 aliphatic carbocycles. The van der Waals surface area contributed by atoms with Crippen molar-refractivity contribution >= 4 is 5.91 Å². The average Bonchev–Trinajstić information content (AvgIpc) is 3.17. The molecular formula is C27H34N4O2. The second kappa shape index (κ2) is 10.7. The predicted octanol–water partition coefficient (Wildman–Crippen LogP) is 4.31. The van der Waals surface area contributed by atoms with Gasteiger partial charge in [0.1, 0.15) is 11.9 Å². The average molecular weight is 447 g/mol. The van der Waals surface area contributed by atoms with Crippen molar-refractivity contribution in [2.75, 3.05) is 19.6 Å². The van der Waals surface area contributed by atoms with Crippen LogP contribution in [0.25, 0.3) is 0 Å².